The van der Waals surface area contributed by atoms with Crippen LogP contribution in [0.15, 0.2) is 53.6 Å². The van der Waals surface area contributed by atoms with E-state index in [-0.39, 0.29) is 24.7 Å². The highest BCUT2D eigenvalue weighted by atomic mass is 16.5. The Hall–Kier alpha value is -3.15. The molecule has 2 rings (SSSR count). The number of anilines is 1. The molecule has 26 heavy (non-hydrogen) atoms. The predicted molar refractivity (Wildman–Crippen MR) is 102 cm³/mol. The molecule has 2 amide bonds. The highest BCUT2D eigenvalue weighted by Gasteiger charge is 2.07. The fourth-order valence-corrected chi connectivity index (χ4v) is 2.19. The number of rotatable bonds is 8. The van der Waals surface area contributed by atoms with E-state index in [1.165, 1.54) is 6.21 Å². The van der Waals surface area contributed by atoms with Crippen molar-refractivity contribution in [2.75, 3.05) is 11.9 Å². The minimum absolute atomic E-state index is 0.0577. The number of amides is 2. The predicted octanol–water partition coefficient (Wildman–Crippen LogP) is 3.26. The lowest BCUT2D eigenvalue weighted by atomic mass is 10.2. The van der Waals surface area contributed by atoms with Crippen molar-refractivity contribution >= 4 is 23.7 Å². The molecule has 0 spiro atoms. The average Bonchev–Trinajstić information content (AvgIpc) is 2.63. The fraction of sp³-hybridized carbons (Fsp3) is 0.250. The van der Waals surface area contributed by atoms with E-state index in [0.29, 0.717) is 18.0 Å². The third-order valence-corrected chi connectivity index (χ3v) is 3.53. The van der Waals surface area contributed by atoms with Gasteiger partial charge >= 0.3 is 0 Å². The van der Waals surface area contributed by atoms with Gasteiger partial charge in [0.05, 0.1) is 12.8 Å². The van der Waals surface area contributed by atoms with Gasteiger partial charge in [-0.25, -0.2) is 5.43 Å². The van der Waals surface area contributed by atoms with Gasteiger partial charge in [-0.2, -0.15) is 5.10 Å². The van der Waals surface area contributed by atoms with Crippen LogP contribution in [0.4, 0.5) is 5.69 Å². The van der Waals surface area contributed by atoms with E-state index in [9.17, 15) is 9.59 Å². The SMILES string of the molecule is CCOc1ccccc1C=NNC(=O)CCC(=O)Nc1ccc(C)cc1. The van der Waals surface area contributed by atoms with Crippen LogP contribution in [-0.2, 0) is 9.59 Å². The van der Waals surface area contributed by atoms with Crippen LogP contribution in [0.1, 0.15) is 30.9 Å². The number of para-hydroxylation sites is 1. The second kappa shape index (κ2) is 9.98. The molecule has 0 saturated heterocycles. The van der Waals surface area contributed by atoms with Crippen molar-refractivity contribution in [1.29, 1.82) is 0 Å². The van der Waals surface area contributed by atoms with Crippen LogP contribution in [-0.4, -0.2) is 24.6 Å². The lowest BCUT2D eigenvalue weighted by molar-refractivity contribution is -0.124. The summed E-state index contributed by atoms with van der Waals surface area (Å²) >= 11 is 0. The number of benzene rings is 2. The zero-order valence-corrected chi connectivity index (χ0v) is 15.0. The van der Waals surface area contributed by atoms with Crippen molar-refractivity contribution in [3.63, 3.8) is 0 Å². The normalized spacial score (nSPS) is 10.5. The monoisotopic (exact) mass is 353 g/mol. The van der Waals surface area contributed by atoms with E-state index >= 15 is 0 Å². The molecule has 0 fully saturated rings. The van der Waals surface area contributed by atoms with Crippen molar-refractivity contribution in [3.8, 4) is 5.75 Å². The Balaban J connectivity index is 1.76. The summed E-state index contributed by atoms with van der Waals surface area (Å²) in [6.07, 6.45) is 1.67. The summed E-state index contributed by atoms with van der Waals surface area (Å²) in [4.78, 5) is 23.7. The van der Waals surface area contributed by atoms with E-state index in [0.717, 1.165) is 11.1 Å². The van der Waals surface area contributed by atoms with Gasteiger partial charge in [-0.05, 0) is 38.1 Å². The van der Waals surface area contributed by atoms with Crippen molar-refractivity contribution < 1.29 is 14.3 Å². The first-order chi connectivity index (χ1) is 12.6. The first kappa shape index (κ1) is 19.2. The number of nitrogens with zero attached hydrogens (tertiary/aromatic N) is 1. The van der Waals surface area contributed by atoms with E-state index in [4.69, 9.17) is 4.74 Å². The third kappa shape index (κ3) is 6.39. The van der Waals surface area contributed by atoms with Gasteiger partial charge in [-0.3, -0.25) is 9.59 Å². The van der Waals surface area contributed by atoms with E-state index in [1.807, 2.05) is 62.4 Å². The molecular formula is C20H23N3O3. The number of hydrogen-bond acceptors (Lipinski definition) is 4. The number of carbonyl (C=O) groups is 2. The number of ether oxygens (including phenoxy) is 1. The van der Waals surface area contributed by atoms with Crippen molar-refractivity contribution in [2.45, 2.75) is 26.7 Å². The summed E-state index contributed by atoms with van der Waals surface area (Å²) in [5.41, 5.74) is 5.02. The lowest BCUT2D eigenvalue weighted by Crippen LogP contribution is -2.20. The maximum absolute atomic E-state index is 11.9. The minimum Gasteiger partial charge on any atom is -0.493 e. The van der Waals surface area contributed by atoms with Crippen LogP contribution >= 0.6 is 0 Å². The van der Waals surface area contributed by atoms with Gasteiger partial charge in [-0.1, -0.05) is 29.8 Å². The summed E-state index contributed by atoms with van der Waals surface area (Å²) in [6, 6.07) is 14.9. The summed E-state index contributed by atoms with van der Waals surface area (Å²) in [5, 5.41) is 6.67. The Bertz CT molecular complexity index is 770. The summed E-state index contributed by atoms with van der Waals surface area (Å²) < 4.78 is 5.48. The Morgan fingerprint density at radius 2 is 1.73 bits per heavy atom. The van der Waals surface area contributed by atoms with Gasteiger partial charge in [0, 0.05) is 24.1 Å². The maximum Gasteiger partial charge on any atom is 0.240 e. The first-order valence-corrected chi connectivity index (χ1v) is 8.48. The molecule has 0 unspecified atom stereocenters. The van der Waals surface area contributed by atoms with Gasteiger partial charge in [0.25, 0.3) is 0 Å². The lowest BCUT2D eigenvalue weighted by Gasteiger charge is -2.06. The maximum atomic E-state index is 11.9. The second-order valence-electron chi connectivity index (χ2n) is 5.68. The molecule has 6 heteroatoms. The molecule has 2 aromatic carbocycles. The van der Waals surface area contributed by atoms with Crippen LogP contribution in [0.25, 0.3) is 0 Å². The number of carbonyl (C=O) groups excluding carboxylic acids is 2. The number of nitrogens with one attached hydrogen (secondary N) is 2. The summed E-state index contributed by atoms with van der Waals surface area (Å²) in [6.45, 7) is 4.42. The molecular weight excluding hydrogens is 330 g/mol. The molecule has 0 radical (unpaired) electrons. The molecule has 2 N–H and O–H groups in total. The van der Waals surface area contributed by atoms with Crippen LogP contribution < -0.4 is 15.5 Å². The molecule has 0 atom stereocenters. The summed E-state index contributed by atoms with van der Waals surface area (Å²) in [7, 11) is 0. The molecule has 0 aliphatic carbocycles. The highest BCUT2D eigenvalue weighted by molar-refractivity contribution is 5.93. The molecule has 0 bridgehead atoms. The quantitative estimate of drug-likeness (QED) is 0.565. The van der Waals surface area contributed by atoms with Gasteiger partial charge in [-0.15, -0.1) is 0 Å². The Morgan fingerprint density at radius 3 is 2.46 bits per heavy atom. The second-order valence-corrected chi connectivity index (χ2v) is 5.68. The molecule has 0 aliphatic heterocycles. The van der Waals surface area contributed by atoms with Gasteiger partial charge < -0.3 is 10.1 Å². The largest absolute Gasteiger partial charge is 0.493 e. The molecule has 136 valence electrons. The first-order valence-electron chi connectivity index (χ1n) is 8.48. The molecule has 6 nitrogen and oxygen atoms in total. The van der Waals surface area contributed by atoms with E-state index < -0.39 is 0 Å². The van der Waals surface area contributed by atoms with E-state index in [2.05, 4.69) is 15.8 Å². The van der Waals surface area contributed by atoms with Crippen molar-refractivity contribution in [3.05, 3.63) is 59.7 Å². The molecule has 0 aliphatic rings. The fourth-order valence-electron chi connectivity index (χ4n) is 2.19. The van der Waals surface area contributed by atoms with Crippen LogP contribution in [0, 0.1) is 6.92 Å². The summed E-state index contributed by atoms with van der Waals surface area (Å²) in [5.74, 6) is 0.161. The third-order valence-electron chi connectivity index (χ3n) is 3.53. The Labute approximate surface area is 153 Å². The van der Waals surface area contributed by atoms with Gasteiger partial charge in [0.15, 0.2) is 0 Å². The van der Waals surface area contributed by atoms with Crippen LogP contribution in [0.2, 0.25) is 0 Å². The Morgan fingerprint density at radius 1 is 1.04 bits per heavy atom. The number of aryl methyl sites for hydroxylation is 1. The molecule has 0 saturated carbocycles. The molecule has 2 aromatic rings. The van der Waals surface area contributed by atoms with Crippen molar-refractivity contribution in [2.24, 2.45) is 5.10 Å². The molecule has 0 heterocycles. The Kier molecular flexibility index (Phi) is 7.36. The minimum atomic E-state index is -0.325. The number of hydrogen-bond donors (Lipinski definition) is 2. The van der Waals surface area contributed by atoms with Crippen LogP contribution in [0.5, 0.6) is 5.75 Å². The van der Waals surface area contributed by atoms with Crippen molar-refractivity contribution in [1.82, 2.24) is 5.43 Å². The number of hydrazone groups is 1. The van der Waals surface area contributed by atoms with E-state index in [1.54, 1.807) is 0 Å². The topological polar surface area (TPSA) is 79.8 Å². The van der Waals surface area contributed by atoms with Crippen LogP contribution in [0.3, 0.4) is 0 Å². The average molecular weight is 353 g/mol. The highest BCUT2D eigenvalue weighted by Crippen LogP contribution is 2.15. The zero-order chi connectivity index (χ0) is 18.8. The zero-order valence-electron chi connectivity index (χ0n) is 15.0. The smallest absolute Gasteiger partial charge is 0.240 e. The van der Waals surface area contributed by atoms with Gasteiger partial charge in [0.1, 0.15) is 5.75 Å². The van der Waals surface area contributed by atoms with Gasteiger partial charge in [0.2, 0.25) is 11.8 Å². The molecule has 0 aromatic heterocycles. The standard InChI is InChI=1S/C20H23N3O3/c1-3-26-18-7-5-4-6-16(18)14-21-23-20(25)13-12-19(24)22-17-10-8-15(2)9-11-17/h4-11,14H,3,12-13H2,1-2H3,(H,22,24)(H,23,25).